The van der Waals surface area contributed by atoms with Gasteiger partial charge in [-0.3, -0.25) is 4.79 Å². The van der Waals surface area contributed by atoms with E-state index in [9.17, 15) is 9.90 Å². The second-order valence-corrected chi connectivity index (χ2v) is 8.76. The van der Waals surface area contributed by atoms with Crippen molar-refractivity contribution in [2.24, 2.45) is 5.92 Å². The van der Waals surface area contributed by atoms with E-state index in [0.29, 0.717) is 19.6 Å². The molecule has 1 heterocycles. The maximum absolute atomic E-state index is 13.4. The molecule has 1 N–H and O–H groups in total. The number of hydrogen-bond acceptors (Lipinski definition) is 4. The number of piperidine rings is 1. The number of amides is 1. The molecule has 32 heavy (non-hydrogen) atoms. The Morgan fingerprint density at radius 2 is 1.94 bits per heavy atom. The molecule has 4 rings (SSSR count). The number of benzene rings is 2. The monoisotopic (exact) mass is 435 g/mol. The number of carbonyl (C=O) groups is 1. The number of para-hydroxylation sites is 1. The SMILES string of the molecule is CCOc1ccccc1[C@@H]1[C@H]2CCCC[C@@]2(O)CCN1C(=O)/C=C/c1ccc(OC)cc1. The van der Waals surface area contributed by atoms with E-state index in [1.54, 1.807) is 13.2 Å². The van der Waals surface area contributed by atoms with Crippen molar-refractivity contribution in [2.45, 2.75) is 50.7 Å². The molecule has 0 unspecified atom stereocenters. The molecule has 170 valence electrons. The van der Waals surface area contributed by atoms with Gasteiger partial charge in [0.2, 0.25) is 5.91 Å². The summed E-state index contributed by atoms with van der Waals surface area (Å²) in [6.07, 6.45) is 7.93. The van der Waals surface area contributed by atoms with Gasteiger partial charge in [-0.15, -0.1) is 0 Å². The van der Waals surface area contributed by atoms with Crippen molar-refractivity contribution >= 4 is 12.0 Å². The van der Waals surface area contributed by atoms with Gasteiger partial charge in [-0.25, -0.2) is 0 Å². The van der Waals surface area contributed by atoms with E-state index in [-0.39, 0.29) is 17.9 Å². The van der Waals surface area contributed by atoms with Crippen molar-refractivity contribution in [3.05, 3.63) is 65.7 Å². The number of carbonyl (C=O) groups excluding carboxylic acids is 1. The van der Waals surface area contributed by atoms with Gasteiger partial charge in [0.15, 0.2) is 0 Å². The topological polar surface area (TPSA) is 59.0 Å². The first kappa shape index (κ1) is 22.4. The lowest BCUT2D eigenvalue weighted by molar-refractivity contribution is -0.151. The quantitative estimate of drug-likeness (QED) is 0.649. The standard InChI is InChI=1S/C27H33NO4/c1-3-32-24-10-5-4-8-22(24)26-23-9-6-7-17-27(23,30)18-19-28(26)25(29)16-13-20-11-14-21(31-2)15-12-20/h4-5,8,10-16,23,26,30H,3,6-7,9,17-19H2,1-2H3/b16-13+/t23-,26-,27-/m1/s1. The van der Waals surface area contributed by atoms with Crippen LogP contribution in [0.1, 0.15) is 56.2 Å². The average molecular weight is 436 g/mol. The number of aliphatic hydroxyl groups is 1. The fourth-order valence-corrected chi connectivity index (χ4v) is 5.30. The zero-order valence-electron chi connectivity index (χ0n) is 19.0. The number of rotatable bonds is 6. The van der Waals surface area contributed by atoms with E-state index in [1.165, 1.54) is 0 Å². The van der Waals surface area contributed by atoms with Gasteiger partial charge in [-0.2, -0.15) is 0 Å². The third-order valence-electron chi connectivity index (χ3n) is 6.92. The van der Waals surface area contributed by atoms with Crippen LogP contribution in [-0.4, -0.2) is 41.8 Å². The molecular weight excluding hydrogens is 402 g/mol. The maximum Gasteiger partial charge on any atom is 0.247 e. The highest BCUT2D eigenvalue weighted by atomic mass is 16.5. The van der Waals surface area contributed by atoms with E-state index in [0.717, 1.165) is 48.3 Å². The summed E-state index contributed by atoms with van der Waals surface area (Å²) in [4.78, 5) is 15.4. The number of nitrogens with zero attached hydrogens (tertiary/aromatic N) is 1. The predicted molar refractivity (Wildman–Crippen MR) is 126 cm³/mol. The van der Waals surface area contributed by atoms with Crippen LogP contribution in [0.15, 0.2) is 54.6 Å². The molecule has 2 aromatic carbocycles. The van der Waals surface area contributed by atoms with E-state index in [4.69, 9.17) is 9.47 Å². The van der Waals surface area contributed by atoms with Gasteiger partial charge < -0.3 is 19.5 Å². The van der Waals surface area contributed by atoms with Crippen molar-refractivity contribution in [3.8, 4) is 11.5 Å². The van der Waals surface area contributed by atoms with Crippen LogP contribution in [0, 0.1) is 5.92 Å². The van der Waals surface area contributed by atoms with Crippen LogP contribution in [0.4, 0.5) is 0 Å². The number of fused-ring (bicyclic) bond motifs is 1. The van der Waals surface area contributed by atoms with Crippen LogP contribution in [0.25, 0.3) is 6.08 Å². The maximum atomic E-state index is 13.4. The second kappa shape index (κ2) is 9.78. The Bertz CT molecular complexity index is 954. The highest BCUT2D eigenvalue weighted by Gasteiger charge is 2.50. The Hall–Kier alpha value is -2.79. The van der Waals surface area contributed by atoms with Gasteiger partial charge in [-0.05, 0) is 56.0 Å². The molecule has 0 radical (unpaired) electrons. The predicted octanol–water partition coefficient (Wildman–Crippen LogP) is 5.00. The summed E-state index contributed by atoms with van der Waals surface area (Å²) in [6, 6.07) is 15.4. The highest BCUT2D eigenvalue weighted by molar-refractivity contribution is 5.92. The molecule has 1 amide bonds. The van der Waals surface area contributed by atoms with E-state index < -0.39 is 5.60 Å². The lowest BCUT2D eigenvalue weighted by Crippen LogP contribution is -2.56. The van der Waals surface area contributed by atoms with Crippen molar-refractivity contribution in [3.63, 3.8) is 0 Å². The van der Waals surface area contributed by atoms with Gasteiger partial charge in [0.05, 0.1) is 25.4 Å². The Labute approximate surface area is 190 Å². The van der Waals surface area contributed by atoms with Crippen LogP contribution in [0.5, 0.6) is 11.5 Å². The van der Waals surface area contributed by atoms with Crippen LogP contribution in [0.2, 0.25) is 0 Å². The Balaban J connectivity index is 1.66. The molecule has 5 heteroatoms. The van der Waals surface area contributed by atoms with E-state index >= 15 is 0 Å². The molecule has 1 saturated carbocycles. The minimum atomic E-state index is -0.723. The van der Waals surface area contributed by atoms with Gasteiger partial charge in [0, 0.05) is 24.1 Å². The smallest absolute Gasteiger partial charge is 0.247 e. The summed E-state index contributed by atoms with van der Waals surface area (Å²) in [5.41, 5.74) is 1.21. The molecule has 0 bridgehead atoms. The van der Waals surface area contributed by atoms with Gasteiger partial charge in [-0.1, -0.05) is 43.2 Å². The van der Waals surface area contributed by atoms with Crippen molar-refractivity contribution in [1.29, 1.82) is 0 Å². The molecule has 5 nitrogen and oxygen atoms in total. The Morgan fingerprint density at radius 1 is 1.16 bits per heavy atom. The minimum absolute atomic E-state index is 0.00458. The Kier molecular flexibility index (Phi) is 6.85. The van der Waals surface area contributed by atoms with Crippen molar-refractivity contribution in [1.82, 2.24) is 4.90 Å². The third-order valence-corrected chi connectivity index (χ3v) is 6.92. The Morgan fingerprint density at radius 3 is 2.69 bits per heavy atom. The second-order valence-electron chi connectivity index (χ2n) is 8.76. The molecule has 2 aromatic rings. The number of methoxy groups -OCH3 is 1. The van der Waals surface area contributed by atoms with Crippen LogP contribution >= 0.6 is 0 Å². The lowest BCUT2D eigenvalue weighted by atomic mass is 9.66. The molecule has 1 aliphatic heterocycles. The molecule has 1 aliphatic carbocycles. The number of ether oxygens (including phenoxy) is 2. The molecule has 0 aromatic heterocycles. The molecule has 3 atom stereocenters. The van der Waals surface area contributed by atoms with Crippen molar-refractivity contribution in [2.75, 3.05) is 20.3 Å². The number of hydrogen-bond donors (Lipinski definition) is 1. The summed E-state index contributed by atoms with van der Waals surface area (Å²) >= 11 is 0. The summed E-state index contributed by atoms with van der Waals surface area (Å²) in [5, 5.41) is 11.5. The molecule has 2 fully saturated rings. The fourth-order valence-electron chi connectivity index (χ4n) is 5.30. The van der Waals surface area contributed by atoms with Crippen LogP contribution in [-0.2, 0) is 4.79 Å². The van der Waals surface area contributed by atoms with Crippen molar-refractivity contribution < 1.29 is 19.4 Å². The first-order valence-electron chi connectivity index (χ1n) is 11.6. The molecule has 0 spiro atoms. The average Bonchev–Trinajstić information content (AvgIpc) is 2.82. The largest absolute Gasteiger partial charge is 0.497 e. The fraction of sp³-hybridized carbons (Fsp3) is 0.444. The summed E-state index contributed by atoms with van der Waals surface area (Å²) in [7, 11) is 1.64. The highest BCUT2D eigenvalue weighted by Crippen LogP contribution is 2.50. The summed E-state index contributed by atoms with van der Waals surface area (Å²) in [6.45, 7) is 3.06. The molecular formula is C27H33NO4. The minimum Gasteiger partial charge on any atom is -0.497 e. The summed E-state index contributed by atoms with van der Waals surface area (Å²) < 4.78 is 11.1. The van der Waals surface area contributed by atoms with Gasteiger partial charge >= 0.3 is 0 Å². The van der Waals surface area contributed by atoms with E-state index in [2.05, 4.69) is 0 Å². The lowest BCUT2D eigenvalue weighted by Gasteiger charge is -2.52. The van der Waals surface area contributed by atoms with Crippen LogP contribution < -0.4 is 9.47 Å². The first-order valence-corrected chi connectivity index (χ1v) is 11.6. The van der Waals surface area contributed by atoms with Gasteiger partial charge in [0.25, 0.3) is 0 Å². The third kappa shape index (κ3) is 4.53. The zero-order valence-corrected chi connectivity index (χ0v) is 19.0. The van der Waals surface area contributed by atoms with Crippen LogP contribution in [0.3, 0.4) is 0 Å². The summed E-state index contributed by atoms with van der Waals surface area (Å²) in [5.74, 6) is 1.55. The molecule has 2 aliphatic rings. The first-order chi connectivity index (χ1) is 15.6. The normalized spacial score (nSPS) is 25.4. The molecule has 1 saturated heterocycles. The van der Waals surface area contributed by atoms with E-state index in [1.807, 2.05) is 66.4 Å². The van der Waals surface area contributed by atoms with Gasteiger partial charge in [0.1, 0.15) is 11.5 Å². The number of likely N-dealkylation sites (tertiary alicyclic amines) is 1. The zero-order chi connectivity index (χ0) is 22.6.